The number of aromatic nitrogens is 2. The lowest BCUT2D eigenvalue weighted by molar-refractivity contribution is 0.0435. The van der Waals surface area contributed by atoms with Gasteiger partial charge in [0.05, 0.1) is 28.4 Å². The maximum absolute atomic E-state index is 12.3. The topological polar surface area (TPSA) is 102 Å². The van der Waals surface area contributed by atoms with E-state index in [9.17, 15) is 4.79 Å². The van der Waals surface area contributed by atoms with E-state index in [2.05, 4.69) is 10.2 Å². The first-order chi connectivity index (χ1) is 14.1. The molecular weight excluding hydrogens is 380 g/mol. The predicted octanol–water partition coefficient (Wildman–Crippen LogP) is 3.13. The van der Waals surface area contributed by atoms with Crippen molar-refractivity contribution < 1.29 is 32.9 Å². The standard InChI is InChI=1S/C20H20N2O7/c1-24-14-8-6-5-7-13(14)20(23)28-11-17-21-22-19(29-17)12-9-15(25-2)18(27-4)16(10-12)26-3/h5-10H,11H2,1-4H3. The van der Waals surface area contributed by atoms with E-state index in [0.29, 0.717) is 34.1 Å². The molecule has 9 nitrogen and oxygen atoms in total. The maximum Gasteiger partial charge on any atom is 0.342 e. The summed E-state index contributed by atoms with van der Waals surface area (Å²) in [4.78, 5) is 12.3. The maximum atomic E-state index is 12.3. The lowest BCUT2D eigenvalue weighted by Crippen LogP contribution is -2.07. The summed E-state index contributed by atoms with van der Waals surface area (Å²) in [7, 11) is 6.02. The molecule has 0 aliphatic heterocycles. The quantitative estimate of drug-likeness (QED) is 0.528. The summed E-state index contributed by atoms with van der Waals surface area (Å²) in [5.74, 6) is 1.55. The Bertz CT molecular complexity index is 975. The Balaban J connectivity index is 1.77. The molecule has 0 amide bonds. The largest absolute Gasteiger partial charge is 0.496 e. The van der Waals surface area contributed by atoms with Gasteiger partial charge in [0.25, 0.3) is 5.89 Å². The number of esters is 1. The molecule has 0 saturated heterocycles. The molecule has 0 saturated carbocycles. The van der Waals surface area contributed by atoms with Crippen LogP contribution in [-0.4, -0.2) is 44.6 Å². The van der Waals surface area contributed by atoms with Crippen LogP contribution in [0.2, 0.25) is 0 Å². The molecule has 0 bridgehead atoms. The van der Waals surface area contributed by atoms with Crippen molar-refractivity contribution in [3.05, 3.63) is 47.9 Å². The molecule has 1 heterocycles. The van der Waals surface area contributed by atoms with Crippen LogP contribution in [0.3, 0.4) is 0 Å². The highest BCUT2D eigenvalue weighted by Crippen LogP contribution is 2.40. The first kappa shape index (κ1) is 20.0. The zero-order chi connectivity index (χ0) is 20.8. The number of methoxy groups -OCH3 is 4. The Morgan fingerprint density at radius 3 is 2.17 bits per heavy atom. The molecule has 9 heteroatoms. The predicted molar refractivity (Wildman–Crippen MR) is 102 cm³/mol. The summed E-state index contributed by atoms with van der Waals surface area (Å²) in [6.45, 7) is -0.186. The minimum atomic E-state index is -0.560. The van der Waals surface area contributed by atoms with Gasteiger partial charge in [-0.25, -0.2) is 4.79 Å². The van der Waals surface area contributed by atoms with Gasteiger partial charge in [0, 0.05) is 5.56 Å². The molecule has 0 atom stereocenters. The number of carbonyl (C=O) groups excluding carboxylic acids is 1. The van der Waals surface area contributed by atoms with Crippen molar-refractivity contribution >= 4 is 5.97 Å². The Morgan fingerprint density at radius 1 is 0.897 bits per heavy atom. The van der Waals surface area contributed by atoms with Crippen LogP contribution < -0.4 is 18.9 Å². The minimum absolute atomic E-state index is 0.136. The number of nitrogens with zero attached hydrogens (tertiary/aromatic N) is 2. The fraction of sp³-hybridized carbons (Fsp3) is 0.250. The summed E-state index contributed by atoms with van der Waals surface area (Å²) in [6.07, 6.45) is 0. The highest BCUT2D eigenvalue weighted by molar-refractivity contribution is 5.92. The van der Waals surface area contributed by atoms with Crippen molar-refractivity contribution in [3.63, 3.8) is 0 Å². The molecule has 152 valence electrons. The van der Waals surface area contributed by atoms with Gasteiger partial charge in [-0.3, -0.25) is 0 Å². The van der Waals surface area contributed by atoms with E-state index >= 15 is 0 Å². The van der Waals surface area contributed by atoms with Gasteiger partial charge in [-0.15, -0.1) is 10.2 Å². The zero-order valence-corrected chi connectivity index (χ0v) is 16.4. The number of carbonyl (C=O) groups is 1. The molecule has 3 rings (SSSR count). The second-order valence-corrected chi connectivity index (χ2v) is 5.69. The lowest BCUT2D eigenvalue weighted by atomic mass is 10.2. The van der Waals surface area contributed by atoms with Gasteiger partial charge in [0.2, 0.25) is 11.6 Å². The van der Waals surface area contributed by atoms with Crippen LogP contribution in [0.4, 0.5) is 0 Å². The van der Waals surface area contributed by atoms with E-state index in [4.69, 9.17) is 28.1 Å². The Labute approximate surface area is 167 Å². The van der Waals surface area contributed by atoms with Crippen LogP contribution in [0.25, 0.3) is 11.5 Å². The highest BCUT2D eigenvalue weighted by atomic mass is 16.5. The fourth-order valence-corrected chi connectivity index (χ4v) is 2.65. The van der Waals surface area contributed by atoms with Crippen molar-refractivity contribution in [1.82, 2.24) is 10.2 Å². The molecule has 29 heavy (non-hydrogen) atoms. The summed E-state index contributed by atoms with van der Waals surface area (Å²) < 4.78 is 31.9. The van der Waals surface area contributed by atoms with Crippen molar-refractivity contribution in [2.45, 2.75) is 6.61 Å². The van der Waals surface area contributed by atoms with Crippen LogP contribution in [0.15, 0.2) is 40.8 Å². The molecule has 3 aromatic rings. The monoisotopic (exact) mass is 400 g/mol. The molecule has 0 aliphatic rings. The molecule has 0 fully saturated rings. The summed E-state index contributed by atoms with van der Waals surface area (Å²) in [5, 5.41) is 7.91. The Hall–Kier alpha value is -3.75. The third kappa shape index (κ3) is 4.23. The van der Waals surface area contributed by atoms with Crippen molar-refractivity contribution in [1.29, 1.82) is 0 Å². The van der Waals surface area contributed by atoms with Crippen LogP contribution in [0.5, 0.6) is 23.0 Å². The molecule has 0 unspecified atom stereocenters. The average Bonchev–Trinajstić information content (AvgIpc) is 3.25. The van der Waals surface area contributed by atoms with E-state index in [1.54, 1.807) is 36.4 Å². The number of ether oxygens (including phenoxy) is 5. The van der Waals surface area contributed by atoms with Crippen LogP contribution in [0.1, 0.15) is 16.2 Å². The second kappa shape index (κ2) is 8.96. The van der Waals surface area contributed by atoms with Crippen LogP contribution in [0, 0.1) is 0 Å². The molecular formula is C20H20N2O7. The van der Waals surface area contributed by atoms with E-state index < -0.39 is 5.97 Å². The lowest BCUT2D eigenvalue weighted by Gasteiger charge is -2.12. The van der Waals surface area contributed by atoms with Gasteiger partial charge >= 0.3 is 5.97 Å². The number of hydrogen-bond acceptors (Lipinski definition) is 9. The van der Waals surface area contributed by atoms with E-state index in [0.717, 1.165) is 0 Å². The van der Waals surface area contributed by atoms with Crippen molar-refractivity contribution in [2.75, 3.05) is 28.4 Å². The van der Waals surface area contributed by atoms with Crippen molar-refractivity contribution in [3.8, 4) is 34.5 Å². The van der Waals surface area contributed by atoms with Gasteiger partial charge in [-0.2, -0.15) is 0 Å². The van der Waals surface area contributed by atoms with Gasteiger partial charge in [0.1, 0.15) is 11.3 Å². The van der Waals surface area contributed by atoms with Gasteiger partial charge in [0.15, 0.2) is 18.1 Å². The molecule has 0 N–H and O–H groups in total. The normalized spacial score (nSPS) is 10.3. The van der Waals surface area contributed by atoms with Crippen LogP contribution >= 0.6 is 0 Å². The molecule has 2 aromatic carbocycles. The first-order valence-electron chi connectivity index (χ1n) is 8.54. The first-order valence-corrected chi connectivity index (χ1v) is 8.54. The SMILES string of the molecule is COc1ccccc1C(=O)OCc1nnc(-c2cc(OC)c(OC)c(OC)c2)o1. The van der Waals surface area contributed by atoms with Gasteiger partial charge < -0.3 is 28.1 Å². The highest BCUT2D eigenvalue weighted by Gasteiger charge is 2.19. The molecule has 1 aromatic heterocycles. The second-order valence-electron chi connectivity index (χ2n) is 5.69. The third-order valence-corrected chi connectivity index (χ3v) is 4.03. The third-order valence-electron chi connectivity index (χ3n) is 4.03. The number of hydrogen-bond donors (Lipinski definition) is 0. The van der Waals surface area contributed by atoms with Crippen LogP contribution in [-0.2, 0) is 11.3 Å². The van der Waals surface area contributed by atoms with E-state index in [-0.39, 0.29) is 18.4 Å². The van der Waals surface area contributed by atoms with Gasteiger partial charge in [-0.05, 0) is 24.3 Å². The number of benzene rings is 2. The van der Waals surface area contributed by atoms with E-state index in [1.165, 1.54) is 28.4 Å². The summed E-state index contributed by atoms with van der Waals surface area (Å²) >= 11 is 0. The zero-order valence-electron chi connectivity index (χ0n) is 16.4. The summed E-state index contributed by atoms with van der Waals surface area (Å²) in [6, 6.07) is 10.1. The molecule has 0 aliphatic carbocycles. The number of para-hydroxylation sites is 1. The average molecular weight is 400 g/mol. The minimum Gasteiger partial charge on any atom is -0.496 e. The number of rotatable bonds is 8. The van der Waals surface area contributed by atoms with Gasteiger partial charge in [-0.1, -0.05) is 12.1 Å². The Kier molecular flexibility index (Phi) is 6.18. The van der Waals surface area contributed by atoms with Crippen molar-refractivity contribution in [2.24, 2.45) is 0 Å². The Morgan fingerprint density at radius 2 is 1.55 bits per heavy atom. The van der Waals surface area contributed by atoms with E-state index in [1.807, 2.05) is 0 Å². The fourth-order valence-electron chi connectivity index (χ4n) is 2.65. The molecule has 0 radical (unpaired) electrons. The summed E-state index contributed by atoms with van der Waals surface area (Å²) in [5.41, 5.74) is 0.869. The molecule has 0 spiro atoms. The smallest absolute Gasteiger partial charge is 0.342 e.